The molecule has 1 aliphatic carbocycles. The summed E-state index contributed by atoms with van der Waals surface area (Å²) in [6.45, 7) is 0. The second-order valence-electron chi connectivity index (χ2n) is 4.61. The van der Waals surface area contributed by atoms with Gasteiger partial charge in [-0.1, -0.05) is 30.3 Å². The van der Waals surface area contributed by atoms with Gasteiger partial charge in [0, 0.05) is 12.1 Å². The zero-order valence-electron chi connectivity index (χ0n) is 9.10. The van der Waals surface area contributed by atoms with E-state index >= 15 is 0 Å². The molecule has 0 saturated heterocycles. The van der Waals surface area contributed by atoms with Gasteiger partial charge >= 0.3 is 0 Å². The van der Waals surface area contributed by atoms with Crippen LogP contribution in [0.4, 0.5) is 0 Å². The lowest BCUT2D eigenvalue weighted by Gasteiger charge is -2.30. The third-order valence-electron chi connectivity index (χ3n) is 3.51. The van der Waals surface area contributed by atoms with Crippen molar-refractivity contribution in [2.24, 2.45) is 17.4 Å². The van der Waals surface area contributed by atoms with Gasteiger partial charge in [0.2, 0.25) is 0 Å². The van der Waals surface area contributed by atoms with E-state index in [1.165, 1.54) is 18.4 Å². The summed E-state index contributed by atoms with van der Waals surface area (Å²) >= 11 is 0. The second-order valence-corrected chi connectivity index (χ2v) is 4.61. The van der Waals surface area contributed by atoms with E-state index in [-0.39, 0.29) is 6.04 Å². The largest absolute Gasteiger partial charge is 0.328 e. The van der Waals surface area contributed by atoms with Gasteiger partial charge in [0.15, 0.2) is 0 Å². The van der Waals surface area contributed by atoms with Crippen LogP contribution in [0.1, 0.15) is 37.3 Å². The molecule has 0 bridgehead atoms. The summed E-state index contributed by atoms with van der Waals surface area (Å²) in [6, 6.07) is 11.0. The summed E-state index contributed by atoms with van der Waals surface area (Å²) in [4.78, 5) is 0. The topological polar surface area (TPSA) is 52.0 Å². The number of benzene rings is 1. The predicted octanol–water partition coefficient (Wildman–Crippen LogP) is 2.20. The normalized spacial score (nSPS) is 28.7. The van der Waals surface area contributed by atoms with Gasteiger partial charge in [-0.15, -0.1) is 0 Å². The fourth-order valence-electron chi connectivity index (χ4n) is 2.45. The summed E-state index contributed by atoms with van der Waals surface area (Å²) in [5.41, 5.74) is 13.4. The Morgan fingerprint density at radius 3 is 2.20 bits per heavy atom. The van der Waals surface area contributed by atoms with Gasteiger partial charge in [0.25, 0.3) is 0 Å². The van der Waals surface area contributed by atoms with Crippen LogP contribution < -0.4 is 11.5 Å². The highest BCUT2D eigenvalue weighted by Gasteiger charge is 2.24. The first-order valence-corrected chi connectivity index (χ1v) is 5.83. The van der Waals surface area contributed by atoms with Gasteiger partial charge < -0.3 is 11.5 Å². The Labute approximate surface area is 91.7 Å². The highest BCUT2D eigenvalue weighted by molar-refractivity contribution is 5.19. The van der Waals surface area contributed by atoms with E-state index in [9.17, 15) is 0 Å². The van der Waals surface area contributed by atoms with Crippen molar-refractivity contribution in [2.45, 2.75) is 37.8 Å². The van der Waals surface area contributed by atoms with Crippen molar-refractivity contribution in [3.63, 3.8) is 0 Å². The highest BCUT2D eigenvalue weighted by atomic mass is 14.7. The molecule has 1 aromatic carbocycles. The standard InChI is InChI=1S/C13H20N2/c14-12-8-6-11(7-9-12)13(15)10-4-2-1-3-5-10/h1-5,11-13H,6-9,14-15H2. The van der Waals surface area contributed by atoms with Gasteiger partial charge in [-0.3, -0.25) is 0 Å². The molecule has 1 aromatic rings. The third-order valence-corrected chi connectivity index (χ3v) is 3.51. The van der Waals surface area contributed by atoms with Crippen molar-refractivity contribution in [1.29, 1.82) is 0 Å². The van der Waals surface area contributed by atoms with Crippen LogP contribution in [0, 0.1) is 5.92 Å². The number of hydrogen-bond donors (Lipinski definition) is 2. The molecule has 1 fully saturated rings. The molecule has 0 spiro atoms. The average molecular weight is 204 g/mol. The van der Waals surface area contributed by atoms with Crippen molar-refractivity contribution in [3.05, 3.63) is 35.9 Å². The molecule has 82 valence electrons. The van der Waals surface area contributed by atoms with E-state index in [4.69, 9.17) is 11.5 Å². The molecule has 1 saturated carbocycles. The lowest BCUT2D eigenvalue weighted by molar-refractivity contribution is 0.285. The molecule has 2 nitrogen and oxygen atoms in total. The maximum absolute atomic E-state index is 6.27. The minimum absolute atomic E-state index is 0.193. The minimum Gasteiger partial charge on any atom is -0.328 e. The van der Waals surface area contributed by atoms with Gasteiger partial charge in [0.1, 0.15) is 0 Å². The number of nitrogens with two attached hydrogens (primary N) is 2. The van der Waals surface area contributed by atoms with Gasteiger partial charge in [-0.25, -0.2) is 0 Å². The van der Waals surface area contributed by atoms with Crippen molar-refractivity contribution in [1.82, 2.24) is 0 Å². The van der Waals surface area contributed by atoms with Gasteiger partial charge in [-0.05, 0) is 37.2 Å². The quantitative estimate of drug-likeness (QED) is 0.776. The minimum atomic E-state index is 0.193. The Morgan fingerprint density at radius 2 is 1.60 bits per heavy atom. The van der Waals surface area contributed by atoms with Crippen LogP contribution in [0.15, 0.2) is 30.3 Å². The fraction of sp³-hybridized carbons (Fsp3) is 0.538. The second kappa shape index (κ2) is 4.77. The van der Waals surface area contributed by atoms with E-state index < -0.39 is 0 Å². The first kappa shape index (κ1) is 10.7. The van der Waals surface area contributed by atoms with E-state index in [1.807, 2.05) is 6.07 Å². The lowest BCUT2D eigenvalue weighted by atomic mass is 9.80. The monoisotopic (exact) mass is 204 g/mol. The van der Waals surface area contributed by atoms with Crippen LogP contribution in [0.2, 0.25) is 0 Å². The molecule has 0 heterocycles. The maximum atomic E-state index is 6.27. The van der Waals surface area contributed by atoms with E-state index in [2.05, 4.69) is 24.3 Å². The molecule has 2 heteroatoms. The van der Waals surface area contributed by atoms with Crippen LogP contribution in [0.25, 0.3) is 0 Å². The van der Waals surface area contributed by atoms with Crippen LogP contribution in [0.3, 0.4) is 0 Å². The molecule has 1 atom stereocenters. The molecule has 4 N–H and O–H groups in total. The van der Waals surface area contributed by atoms with Crippen LogP contribution in [0.5, 0.6) is 0 Å². The summed E-state index contributed by atoms with van der Waals surface area (Å²) < 4.78 is 0. The molecule has 0 aromatic heterocycles. The van der Waals surface area contributed by atoms with Crippen LogP contribution in [-0.4, -0.2) is 6.04 Å². The van der Waals surface area contributed by atoms with Crippen molar-refractivity contribution >= 4 is 0 Å². The third kappa shape index (κ3) is 2.58. The molecule has 0 radical (unpaired) electrons. The predicted molar refractivity (Wildman–Crippen MR) is 63.3 cm³/mol. The SMILES string of the molecule is NC1CCC(C(N)c2ccccc2)CC1. The van der Waals surface area contributed by atoms with E-state index in [0.717, 1.165) is 12.8 Å². The van der Waals surface area contributed by atoms with Gasteiger partial charge in [-0.2, -0.15) is 0 Å². The average Bonchev–Trinajstić information content (AvgIpc) is 2.30. The lowest BCUT2D eigenvalue weighted by Crippen LogP contribution is -2.31. The van der Waals surface area contributed by atoms with Crippen molar-refractivity contribution < 1.29 is 0 Å². The summed E-state index contributed by atoms with van der Waals surface area (Å²) in [5.74, 6) is 0.618. The van der Waals surface area contributed by atoms with Crippen molar-refractivity contribution in [2.75, 3.05) is 0 Å². The first-order chi connectivity index (χ1) is 7.27. The Bertz CT molecular complexity index is 289. The molecular formula is C13H20N2. The molecule has 0 aliphatic heterocycles. The van der Waals surface area contributed by atoms with Crippen LogP contribution in [-0.2, 0) is 0 Å². The Kier molecular flexibility index (Phi) is 3.39. The molecule has 1 aliphatic rings. The summed E-state index contributed by atoms with van der Waals surface area (Å²) in [6.07, 6.45) is 4.62. The molecule has 15 heavy (non-hydrogen) atoms. The molecule has 2 rings (SSSR count). The number of rotatable bonds is 2. The Morgan fingerprint density at radius 1 is 1.00 bits per heavy atom. The summed E-state index contributed by atoms with van der Waals surface area (Å²) in [7, 11) is 0. The van der Waals surface area contributed by atoms with E-state index in [0.29, 0.717) is 12.0 Å². The molecule has 1 unspecified atom stereocenters. The summed E-state index contributed by atoms with van der Waals surface area (Å²) in [5, 5.41) is 0. The highest BCUT2D eigenvalue weighted by Crippen LogP contribution is 2.32. The number of hydrogen-bond acceptors (Lipinski definition) is 2. The van der Waals surface area contributed by atoms with Gasteiger partial charge in [0.05, 0.1) is 0 Å². The van der Waals surface area contributed by atoms with Crippen LogP contribution >= 0.6 is 0 Å². The Hall–Kier alpha value is -0.860. The zero-order valence-corrected chi connectivity index (χ0v) is 9.10. The van der Waals surface area contributed by atoms with E-state index in [1.54, 1.807) is 0 Å². The maximum Gasteiger partial charge on any atom is 0.0323 e. The first-order valence-electron chi connectivity index (χ1n) is 5.83. The smallest absolute Gasteiger partial charge is 0.0323 e. The Balaban J connectivity index is 1.99. The zero-order chi connectivity index (χ0) is 10.7. The van der Waals surface area contributed by atoms with Crippen molar-refractivity contribution in [3.8, 4) is 0 Å². The molecule has 0 amide bonds. The fourth-order valence-corrected chi connectivity index (χ4v) is 2.45. The molecular weight excluding hydrogens is 184 g/mol.